The van der Waals surface area contributed by atoms with Crippen molar-refractivity contribution >= 4 is 0 Å². The first-order valence-corrected chi connectivity index (χ1v) is 7.28. The van der Waals surface area contributed by atoms with E-state index in [1.165, 1.54) is 6.92 Å². The van der Waals surface area contributed by atoms with E-state index in [-0.39, 0.29) is 13.0 Å². The van der Waals surface area contributed by atoms with Gasteiger partial charge in [-0.05, 0) is 6.92 Å². The summed E-state index contributed by atoms with van der Waals surface area (Å²) in [4.78, 5) is 0. The van der Waals surface area contributed by atoms with Gasteiger partial charge in [0.2, 0.25) is 0 Å². The fourth-order valence-electron chi connectivity index (χ4n) is 2.63. The van der Waals surface area contributed by atoms with Crippen molar-refractivity contribution in [3.63, 3.8) is 0 Å². The Labute approximate surface area is 127 Å². The van der Waals surface area contributed by atoms with Gasteiger partial charge in [-0.25, -0.2) is 0 Å². The molecule has 6 N–H and O–H groups in total. The minimum atomic E-state index is -1.45. The summed E-state index contributed by atoms with van der Waals surface area (Å²) in [5, 5.41) is 58.0. The maximum Gasteiger partial charge on any atom is 0.186 e. The monoisotopic (exact) mass is 324 g/mol. The number of aliphatic hydroxyl groups is 6. The minimum absolute atomic E-state index is 0.0112. The van der Waals surface area contributed by atoms with Crippen LogP contribution in [0.25, 0.3) is 0 Å². The van der Waals surface area contributed by atoms with Gasteiger partial charge in [0.25, 0.3) is 0 Å². The fraction of sp³-hybridized carbons (Fsp3) is 1.00. The molecule has 0 radical (unpaired) electrons. The molecule has 9 atom stereocenters. The molecule has 0 aromatic heterocycles. The van der Waals surface area contributed by atoms with Gasteiger partial charge in [0.15, 0.2) is 6.29 Å². The molecule has 9 heteroatoms. The summed E-state index contributed by atoms with van der Waals surface area (Å²) in [6.45, 7) is 1.05. The molecule has 9 nitrogen and oxygen atoms in total. The Hall–Kier alpha value is -0.360. The van der Waals surface area contributed by atoms with E-state index in [4.69, 9.17) is 19.3 Å². The van der Waals surface area contributed by atoms with Crippen molar-refractivity contribution in [3.8, 4) is 0 Å². The maximum absolute atomic E-state index is 9.89. The van der Waals surface area contributed by atoms with Crippen LogP contribution < -0.4 is 0 Å². The van der Waals surface area contributed by atoms with Gasteiger partial charge in [-0.15, -0.1) is 0 Å². The molecule has 0 aliphatic carbocycles. The van der Waals surface area contributed by atoms with Crippen LogP contribution in [-0.2, 0) is 14.2 Å². The average molecular weight is 324 g/mol. The van der Waals surface area contributed by atoms with Crippen molar-refractivity contribution in [1.82, 2.24) is 0 Å². The molecule has 9 unspecified atom stereocenters. The second-order valence-corrected chi connectivity index (χ2v) is 5.79. The molecule has 0 saturated carbocycles. The van der Waals surface area contributed by atoms with Gasteiger partial charge in [-0.2, -0.15) is 0 Å². The Morgan fingerprint density at radius 1 is 1.00 bits per heavy atom. The summed E-state index contributed by atoms with van der Waals surface area (Å²) < 4.78 is 16.1. The predicted octanol–water partition coefficient (Wildman–Crippen LogP) is -3.30. The molecule has 0 amide bonds. The third kappa shape index (κ3) is 3.75. The lowest BCUT2D eigenvalue weighted by atomic mass is 10.00. The van der Waals surface area contributed by atoms with E-state index in [2.05, 4.69) is 0 Å². The van der Waals surface area contributed by atoms with Crippen LogP contribution in [0, 0.1) is 0 Å². The lowest BCUT2D eigenvalue weighted by molar-refractivity contribution is -0.307. The van der Waals surface area contributed by atoms with Crippen LogP contribution in [0.15, 0.2) is 0 Å². The SMILES string of the molecule is CC1OC(OC2COC(CO)C(O)C(O)C2)C(O)C(O)C1O. The first kappa shape index (κ1) is 18.0. The van der Waals surface area contributed by atoms with Crippen molar-refractivity contribution < 1.29 is 44.8 Å². The van der Waals surface area contributed by atoms with E-state index in [9.17, 15) is 25.5 Å². The van der Waals surface area contributed by atoms with Crippen molar-refractivity contribution in [3.05, 3.63) is 0 Å². The summed E-state index contributed by atoms with van der Waals surface area (Å²) in [5.41, 5.74) is 0. The Bertz CT molecular complexity index is 354. The zero-order chi connectivity index (χ0) is 16.4. The number of aliphatic hydroxyl groups excluding tert-OH is 6. The van der Waals surface area contributed by atoms with Gasteiger partial charge < -0.3 is 44.8 Å². The molecule has 0 bridgehead atoms. The molecule has 2 saturated heterocycles. The average Bonchev–Trinajstić information content (AvgIpc) is 2.62. The van der Waals surface area contributed by atoms with E-state index < -0.39 is 61.7 Å². The third-order valence-electron chi connectivity index (χ3n) is 4.09. The van der Waals surface area contributed by atoms with Gasteiger partial charge in [0.05, 0.1) is 31.5 Å². The van der Waals surface area contributed by atoms with Crippen molar-refractivity contribution in [1.29, 1.82) is 0 Å². The molecular formula is C13H24O9. The van der Waals surface area contributed by atoms with Gasteiger partial charge >= 0.3 is 0 Å². The molecule has 22 heavy (non-hydrogen) atoms. The second kappa shape index (κ2) is 7.47. The molecule has 2 rings (SSSR count). The number of ether oxygens (including phenoxy) is 3. The fourth-order valence-corrected chi connectivity index (χ4v) is 2.63. The number of rotatable bonds is 3. The smallest absolute Gasteiger partial charge is 0.186 e. The quantitative estimate of drug-likeness (QED) is 0.314. The highest BCUT2D eigenvalue weighted by Gasteiger charge is 2.44. The van der Waals surface area contributed by atoms with Crippen LogP contribution in [0.2, 0.25) is 0 Å². The van der Waals surface area contributed by atoms with Crippen LogP contribution in [0.3, 0.4) is 0 Å². The number of hydrogen-bond acceptors (Lipinski definition) is 9. The van der Waals surface area contributed by atoms with Crippen molar-refractivity contribution in [2.45, 2.75) is 68.5 Å². The third-order valence-corrected chi connectivity index (χ3v) is 4.09. The molecule has 2 heterocycles. The summed E-state index contributed by atoms with van der Waals surface area (Å²) in [7, 11) is 0. The predicted molar refractivity (Wildman–Crippen MR) is 70.7 cm³/mol. The molecule has 0 aromatic rings. The molecule has 130 valence electrons. The standard InChI is InChI=1S/C13H24O9/c1-5-9(16)11(18)12(19)13(21-5)22-6-2-7(15)10(17)8(3-14)20-4-6/h5-19H,2-4H2,1H3. The molecule has 2 aliphatic rings. The van der Waals surface area contributed by atoms with Crippen LogP contribution in [-0.4, -0.2) is 99.0 Å². The second-order valence-electron chi connectivity index (χ2n) is 5.79. The lowest BCUT2D eigenvalue weighted by Gasteiger charge is -2.40. The van der Waals surface area contributed by atoms with Crippen molar-refractivity contribution in [2.75, 3.05) is 13.2 Å². The zero-order valence-electron chi connectivity index (χ0n) is 12.2. The van der Waals surface area contributed by atoms with Crippen LogP contribution in [0.4, 0.5) is 0 Å². The number of hydrogen-bond donors (Lipinski definition) is 6. The van der Waals surface area contributed by atoms with E-state index in [1.54, 1.807) is 0 Å². The van der Waals surface area contributed by atoms with Gasteiger partial charge in [0.1, 0.15) is 30.5 Å². The Morgan fingerprint density at radius 2 is 1.68 bits per heavy atom. The zero-order valence-corrected chi connectivity index (χ0v) is 12.2. The topological polar surface area (TPSA) is 149 Å². The maximum atomic E-state index is 9.89. The highest BCUT2D eigenvalue weighted by molar-refractivity contribution is 4.89. The first-order valence-electron chi connectivity index (χ1n) is 7.28. The van der Waals surface area contributed by atoms with E-state index >= 15 is 0 Å². The van der Waals surface area contributed by atoms with Crippen LogP contribution in [0.5, 0.6) is 0 Å². The van der Waals surface area contributed by atoms with E-state index in [0.29, 0.717) is 0 Å². The Kier molecular flexibility index (Phi) is 6.11. The van der Waals surface area contributed by atoms with Crippen LogP contribution in [0.1, 0.15) is 13.3 Å². The normalized spacial score (nSPS) is 50.6. The van der Waals surface area contributed by atoms with Gasteiger partial charge in [-0.1, -0.05) is 0 Å². The summed E-state index contributed by atoms with van der Waals surface area (Å²) in [6, 6.07) is 0. The lowest BCUT2D eigenvalue weighted by Crippen LogP contribution is -2.58. The van der Waals surface area contributed by atoms with E-state index in [1.807, 2.05) is 0 Å². The van der Waals surface area contributed by atoms with Crippen LogP contribution >= 0.6 is 0 Å². The molecule has 2 fully saturated rings. The molecule has 2 aliphatic heterocycles. The molecule has 0 spiro atoms. The first-order chi connectivity index (χ1) is 10.3. The highest BCUT2D eigenvalue weighted by Crippen LogP contribution is 2.25. The molecule has 0 aromatic carbocycles. The largest absolute Gasteiger partial charge is 0.394 e. The summed E-state index contributed by atoms with van der Waals surface area (Å²) >= 11 is 0. The van der Waals surface area contributed by atoms with Crippen molar-refractivity contribution in [2.24, 2.45) is 0 Å². The van der Waals surface area contributed by atoms with E-state index in [0.717, 1.165) is 0 Å². The summed E-state index contributed by atoms with van der Waals surface area (Å²) in [6.07, 6.45) is -10.1. The highest BCUT2D eigenvalue weighted by atomic mass is 16.7. The molecular weight excluding hydrogens is 300 g/mol. The Morgan fingerprint density at radius 3 is 2.32 bits per heavy atom. The Balaban J connectivity index is 1.98. The van der Waals surface area contributed by atoms with Gasteiger partial charge in [0, 0.05) is 6.42 Å². The minimum Gasteiger partial charge on any atom is -0.394 e. The van der Waals surface area contributed by atoms with Gasteiger partial charge in [-0.3, -0.25) is 0 Å². The summed E-state index contributed by atoms with van der Waals surface area (Å²) in [5.74, 6) is 0.